The second-order valence-corrected chi connectivity index (χ2v) is 7.41. The second kappa shape index (κ2) is 5.78. The molecule has 1 aliphatic rings. The lowest BCUT2D eigenvalue weighted by molar-refractivity contribution is -0.120. The third kappa shape index (κ3) is 3.34. The van der Waals surface area contributed by atoms with Crippen LogP contribution >= 0.6 is 11.6 Å². The van der Waals surface area contributed by atoms with Crippen LogP contribution in [0.2, 0.25) is 5.02 Å². The number of carbonyl (C=O) groups is 1. The fraction of sp³-hybridized carbons (Fsp3) is 0.267. The van der Waals surface area contributed by atoms with E-state index in [0.29, 0.717) is 22.8 Å². The number of benzene rings is 1. The zero-order valence-electron chi connectivity index (χ0n) is 11.5. The van der Waals surface area contributed by atoms with E-state index in [1.54, 1.807) is 36.4 Å². The maximum absolute atomic E-state index is 12.1. The summed E-state index contributed by atoms with van der Waals surface area (Å²) in [6, 6.07) is 10.2. The van der Waals surface area contributed by atoms with E-state index in [9.17, 15) is 13.2 Å². The number of sulfonamides is 1. The molecule has 1 aliphatic carbocycles. The summed E-state index contributed by atoms with van der Waals surface area (Å²) in [4.78, 5) is 12.0. The van der Waals surface area contributed by atoms with Crippen LogP contribution in [-0.2, 0) is 20.6 Å². The van der Waals surface area contributed by atoms with Gasteiger partial charge in [-0.3, -0.25) is 9.52 Å². The molecule has 1 aromatic heterocycles. The van der Waals surface area contributed by atoms with E-state index in [-0.39, 0.29) is 17.6 Å². The SMILES string of the molecule is O=C(NS(=O)(=O)Cc1ccccc1Cl)C1CC1c1ccco1. The van der Waals surface area contributed by atoms with Crippen molar-refractivity contribution in [3.63, 3.8) is 0 Å². The highest BCUT2D eigenvalue weighted by molar-refractivity contribution is 7.89. The van der Waals surface area contributed by atoms with Crippen molar-refractivity contribution in [3.05, 3.63) is 59.0 Å². The molecule has 1 aromatic carbocycles. The molecule has 0 saturated heterocycles. The van der Waals surface area contributed by atoms with Crippen LogP contribution in [0.4, 0.5) is 0 Å². The zero-order chi connectivity index (χ0) is 15.7. The molecule has 22 heavy (non-hydrogen) atoms. The molecular weight excluding hydrogens is 326 g/mol. The normalized spacial score (nSPS) is 20.6. The number of hydrogen-bond donors (Lipinski definition) is 1. The Hall–Kier alpha value is -1.79. The Labute approximate surface area is 133 Å². The summed E-state index contributed by atoms with van der Waals surface area (Å²) >= 11 is 5.94. The Morgan fingerprint density at radius 1 is 1.27 bits per heavy atom. The van der Waals surface area contributed by atoms with Gasteiger partial charge in [0.2, 0.25) is 15.9 Å². The highest BCUT2D eigenvalue weighted by atomic mass is 35.5. The van der Waals surface area contributed by atoms with Gasteiger partial charge in [0.05, 0.1) is 12.0 Å². The maximum Gasteiger partial charge on any atom is 0.239 e. The Kier molecular flexibility index (Phi) is 3.97. The topological polar surface area (TPSA) is 76.4 Å². The molecule has 2 aromatic rings. The Morgan fingerprint density at radius 3 is 2.73 bits per heavy atom. The highest BCUT2D eigenvalue weighted by Crippen LogP contribution is 2.47. The number of rotatable bonds is 5. The zero-order valence-corrected chi connectivity index (χ0v) is 13.1. The minimum Gasteiger partial charge on any atom is -0.469 e. The Bertz CT molecular complexity index is 786. The smallest absolute Gasteiger partial charge is 0.239 e. The van der Waals surface area contributed by atoms with E-state index in [1.165, 1.54) is 6.26 Å². The molecule has 5 nitrogen and oxygen atoms in total. The molecular formula is C15H14ClNO4S. The van der Waals surface area contributed by atoms with Gasteiger partial charge in [-0.2, -0.15) is 0 Å². The molecule has 7 heteroatoms. The van der Waals surface area contributed by atoms with Crippen LogP contribution in [-0.4, -0.2) is 14.3 Å². The third-order valence-corrected chi connectivity index (χ3v) is 5.17. The summed E-state index contributed by atoms with van der Waals surface area (Å²) in [6.07, 6.45) is 2.14. The third-order valence-electron chi connectivity index (χ3n) is 3.60. The van der Waals surface area contributed by atoms with Gasteiger partial charge in [-0.1, -0.05) is 29.8 Å². The molecule has 1 heterocycles. The van der Waals surface area contributed by atoms with Crippen molar-refractivity contribution >= 4 is 27.5 Å². The molecule has 2 atom stereocenters. The Balaban J connectivity index is 1.63. The molecule has 3 rings (SSSR count). The van der Waals surface area contributed by atoms with Crippen LogP contribution < -0.4 is 4.72 Å². The van der Waals surface area contributed by atoms with Crippen molar-refractivity contribution in [2.24, 2.45) is 5.92 Å². The molecule has 1 saturated carbocycles. The number of furan rings is 1. The van der Waals surface area contributed by atoms with Crippen LogP contribution in [0.25, 0.3) is 0 Å². The quantitative estimate of drug-likeness (QED) is 0.908. The molecule has 2 unspecified atom stereocenters. The fourth-order valence-electron chi connectivity index (χ4n) is 2.39. The lowest BCUT2D eigenvalue weighted by Gasteiger charge is -2.07. The fourth-order valence-corrected chi connectivity index (χ4v) is 3.86. The number of amides is 1. The minimum absolute atomic E-state index is 0.0366. The summed E-state index contributed by atoms with van der Waals surface area (Å²) < 4.78 is 31.5. The van der Waals surface area contributed by atoms with Crippen LogP contribution in [0.3, 0.4) is 0 Å². The van der Waals surface area contributed by atoms with E-state index in [4.69, 9.17) is 16.0 Å². The maximum atomic E-state index is 12.1. The van der Waals surface area contributed by atoms with Crippen molar-refractivity contribution in [1.82, 2.24) is 4.72 Å². The van der Waals surface area contributed by atoms with Gasteiger partial charge in [-0.05, 0) is 30.2 Å². The van der Waals surface area contributed by atoms with Gasteiger partial charge in [-0.15, -0.1) is 0 Å². The number of halogens is 1. The lowest BCUT2D eigenvalue weighted by Crippen LogP contribution is -2.33. The molecule has 0 bridgehead atoms. The summed E-state index contributed by atoms with van der Waals surface area (Å²) in [7, 11) is -3.77. The van der Waals surface area contributed by atoms with E-state index in [1.807, 2.05) is 0 Å². The largest absolute Gasteiger partial charge is 0.469 e. The van der Waals surface area contributed by atoms with Crippen molar-refractivity contribution in [3.8, 4) is 0 Å². The predicted molar refractivity (Wildman–Crippen MR) is 81.8 cm³/mol. The van der Waals surface area contributed by atoms with Crippen LogP contribution in [0, 0.1) is 5.92 Å². The van der Waals surface area contributed by atoms with Crippen molar-refractivity contribution < 1.29 is 17.6 Å². The molecule has 0 spiro atoms. The minimum atomic E-state index is -3.77. The summed E-state index contributed by atoms with van der Waals surface area (Å²) in [6.45, 7) is 0. The van der Waals surface area contributed by atoms with Crippen molar-refractivity contribution in [2.75, 3.05) is 0 Å². The van der Waals surface area contributed by atoms with E-state index >= 15 is 0 Å². The molecule has 1 fully saturated rings. The van der Waals surface area contributed by atoms with Gasteiger partial charge in [0, 0.05) is 16.9 Å². The number of hydrogen-bond acceptors (Lipinski definition) is 4. The van der Waals surface area contributed by atoms with Crippen molar-refractivity contribution in [1.29, 1.82) is 0 Å². The molecule has 1 N–H and O–H groups in total. The second-order valence-electron chi connectivity index (χ2n) is 5.28. The van der Waals surface area contributed by atoms with Crippen LogP contribution in [0.5, 0.6) is 0 Å². The lowest BCUT2D eigenvalue weighted by atomic mass is 10.2. The molecule has 0 radical (unpaired) electrons. The molecule has 0 aliphatic heterocycles. The van der Waals surface area contributed by atoms with Crippen LogP contribution in [0.1, 0.15) is 23.7 Å². The molecule has 1 amide bonds. The average Bonchev–Trinajstić information content (AvgIpc) is 3.07. The van der Waals surface area contributed by atoms with Crippen molar-refractivity contribution in [2.45, 2.75) is 18.1 Å². The first-order chi connectivity index (χ1) is 10.5. The highest BCUT2D eigenvalue weighted by Gasteiger charge is 2.46. The van der Waals surface area contributed by atoms with E-state index in [0.717, 1.165) is 0 Å². The first kappa shape index (κ1) is 15.1. The van der Waals surface area contributed by atoms with Gasteiger partial charge in [-0.25, -0.2) is 8.42 Å². The summed E-state index contributed by atoms with van der Waals surface area (Å²) in [5, 5.41) is 0.361. The van der Waals surface area contributed by atoms with Gasteiger partial charge in [0.15, 0.2) is 0 Å². The number of nitrogens with one attached hydrogen (secondary N) is 1. The first-order valence-electron chi connectivity index (χ1n) is 6.77. The van der Waals surface area contributed by atoms with Gasteiger partial charge >= 0.3 is 0 Å². The number of carbonyl (C=O) groups excluding carboxylic acids is 1. The summed E-state index contributed by atoms with van der Waals surface area (Å²) in [5.41, 5.74) is 0.461. The van der Waals surface area contributed by atoms with Gasteiger partial charge in [0.25, 0.3) is 0 Å². The van der Waals surface area contributed by atoms with Gasteiger partial charge < -0.3 is 4.42 Å². The standard InChI is InChI=1S/C15H14ClNO4S/c16-13-5-2-1-4-10(13)9-22(19,20)17-15(18)12-8-11(12)14-6-3-7-21-14/h1-7,11-12H,8-9H2,(H,17,18). The van der Waals surface area contributed by atoms with E-state index in [2.05, 4.69) is 4.72 Å². The van der Waals surface area contributed by atoms with Gasteiger partial charge in [0.1, 0.15) is 5.76 Å². The first-order valence-corrected chi connectivity index (χ1v) is 8.80. The molecule has 116 valence electrons. The van der Waals surface area contributed by atoms with E-state index < -0.39 is 15.9 Å². The van der Waals surface area contributed by atoms with Crippen LogP contribution in [0.15, 0.2) is 47.1 Å². The predicted octanol–water partition coefficient (Wildman–Crippen LogP) is 2.68. The average molecular weight is 340 g/mol. The Morgan fingerprint density at radius 2 is 2.05 bits per heavy atom. The summed E-state index contributed by atoms with van der Waals surface area (Å²) in [5.74, 6) is -0.494. The monoisotopic (exact) mass is 339 g/mol.